The molecule has 3 unspecified atom stereocenters. The van der Waals surface area contributed by atoms with Crippen LogP contribution in [0.3, 0.4) is 0 Å². The van der Waals surface area contributed by atoms with E-state index in [0.29, 0.717) is 13.1 Å². The van der Waals surface area contributed by atoms with Crippen molar-refractivity contribution in [3.05, 3.63) is 0 Å². The molecule has 104 valence electrons. The molecule has 5 heteroatoms. The van der Waals surface area contributed by atoms with Crippen LogP contribution in [0.2, 0.25) is 0 Å². The maximum atomic E-state index is 12.1. The maximum absolute atomic E-state index is 12.1. The molecule has 5 nitrogen and oxygen atoms in total. The highest BCUT2D eigenvalue weighted by Crippen LogP contribution is 2.25. The summed E-state index contributed by atoms with van der Waals surface area (Å²) in [5, 5.41) is 16.3. The second kappa shape index (κ2) is 6.50. The number of amides is 1. The summed E-state index contributed by atoms with van der Waals surface area (Å²) in [6, 6.07) is 0.0323. The number of aliphatic hydroxyl groups is 1. The van der Waals surface area contributed by atoms with Gasteiger partial charge in [0.2, 0.25) is 5.91 Å². The quantitative estimate of drug-likeness (QED) is 0.648. The third-order valence-electron chi connectivity index (χ3n) is 4.06. The van der Waals surface area contributed by atoms with E-state index in [1.807, 2.05) is 6.92 Å². The normalized spacial score (nSPS) is 34.2. The van der Waals surface area contributed by atoms with Gasteiger partial charge in [0.1, 0.15) is 6.04 Å². The fourth-order valence-electron chi connectivity index (χ4n) is 3.13. The third-order valence-corrected chi connectivity index (χ3v) is 4.06. The van der Waals surface area contributed by atoms with Crippen molar-refractivity contribution < 1.29 is 9.90 Å². The first-order valence-electron chi connectivity index (χ1n) is 7.16. The minimum absolute atomic E-state index is 0.0856. The van der Waals surface area contributed by atoms with Gasteiger partial charge in [-0.25, -0.2) is 0 Å². The van der Waals surface area contributed by atoms with E-state index in [1.54, 1.807) is 0 Å². The van der Waals surface area contributed by atoms with Gasteiger partial charge in [-0.2, -0.15) is 0 Å². The van der Waals surface area contributed by atoms with E-state index in [-0.39, 0.29) is 24.1 Å². The zero-order valence-corrected chi connectivity index (χ0v) is 11.2. The number of hydrogen-bond donors (Lipinski definition) is 3. The molecule has 1 saturated heterocycles. The number of carbonyl (C=O) groups is 1. The van der Waals surface area contributed by atoms with E-state index in [0.717, 1.165) is 38.8 Å². The van der Waals surface area contributed by atoms with Crippen LogP contribution in [0.1, 0.15) is 32.6 Å². The van der Waals surface area contributed by atoms with Crippen LogP contribution < -0.4 is 10.6 Å². The molecule has 0 aromatic carbocycles. The molecular weight excluding hydrogens is 230 g/mol. The summed E-state index contributed by atoms with van der Waals surface area (Å²) in [5.41, 5.74) is 0. The lowest BCUT2D eigenvalue weighted by Gasteiger charge is -2.44. The first-order valence-corrected chi connectivity index (χ1v) is 7.16. The first kappa shape index (κ1) is 13.8. The van der Waals surface area contributed by atoms with E-state index < -0.39 is 0 Å². The van der Waals surface area contributed by atoms with Gasteiger partial charge in [-0.15, -0.1) is 0 Å². The second-order valence-electron chi connectivity index (χ2n) is 5.27. The van der Waals surface area contributed by atoms with Crippen LogP contribution >= 0.6 is 0 Å². The molecule has 0 radical (unpaired) electrons. The van der Waals surface area contributed by atoms with Crippen molar-refractivity contribution in [1.29, 1.82) is 0 Å². The minimum Gasteiger partial charge on any atom is -0.391 e. The smallest absolute Gasteiger partial charge is 0.238 e. The Bertz CT molecular complexity index is 285. The van der Waals surface area contributed by atoms with Crippen molar-refractivity contribution in [3.63, 3.8) is 0 Å². The van der Waals surface area contributed by atoms with Crippen LogP contribution in [0.4, 0.5) is 0 Å². The van der Waals surface area contributed by atoms with Crippen molar-refractivity contribution >= 4 is 5.91 Å². The van der Waals surface area contributed by atoms with Gasteiger partial charge in [-0.05, 0) is 19.8 Å². The molecule has 1 amide bonds. The van der Waals surface area contributed by atoms with Crippen molar-refractivity contribution in [3.8, 4) is 0 Å². The Labute approximate surface area is 109 Å². The van der Waals surface area contributed by atoms with Gasteiger partial charge in [0.15, 0.2) is 0 Å². The standard InChI is InChI=1S/C13H25N3O2/c1-2-15-13(18)11-9-14-7-8-16(11)10-5-3-4-6-12(10)17/h10-12,14,17H,2-9H2,1H3,(H,15,18). The number of nitrogens with zero attached hydrogens (tertiary/aromatic N) is 1. The van der Waals surface area contributed by atoms with Crippen LogP contribution in [0.15, 0.2) is 0 Å². The summed E-state index contributed by atoms with van der Waals surface area (Å²) in [7, 11) is 0. The van der Waals surface area contributed by atoms with E-state index in [1.165, 1.54) is 0 Å². The Morgan fingerprint density at radius 2 is 2.22 bits per heavy atom. The lowest BCUT2D eigenvalue weighted by Crippen LogP contribution is -2.63. The molecule has 1 heterocycles. The van der Waals surface area contributed by atoms with Gasteiger partial charge >= 0.3 is 0 Å². The average Bonchev–Trinajstić information content (AvgIpc) is 2.40. The highest BCUT2D eigenvalue weighted by Gasteiger charge is 2.37. The Hall–Kier alpha value is -0.650. The van der Waals surface area contributed by atoms with Gasteiger partial charge in [0, 0.05) is 32.2 Å². The SMILES string of the molecule is CCNC(=O)C1CNCCN1C1CCCCC1O. The van der Waals surface area contributed by atoms with E-state index in [9.17, 15) is 9.90 Å². The molecule has 0 aromatic rings. The Morgan fingerprint density at radius 3 is 2.94 bits per heavy atom. The van der Waals surface area contributed by atoms with Gasteiger partial charge < -0.3 is 15.7 Å². The molecule has 0 spiro atoms. The fraction of sp³-hybridized carbons (Fsp3) is 0.923. The molecule has 1 aliphatic heterocycles. The summed E-state index contributed by atoms with van der Waals surface area (Å²) in [5.74, 6) is 0.0856. The summed E-state index contributed by atoms with van der Waals surface area (Å²) >= 11 is 0. The molecule has 0 bridgehead atoms. The molecule has 2 fully saturated rings. The predicted molar refractivity (Wildman–Crippen MR) is 70.3 cm³/mol. The molecule has 1 saturated carbocycles. The minimum atomic E-state index is -0.270. The van der Waals surface area contributed by atoms with E-state index >= 15 is 0 Å². The molecule has 1 aliphatic carbocycles. The van der Waals surface area contributed by atoms with Crippen LogP contribution in [0.25, 0.3) is 0 Å². The Balaban J connectivity index is 2.04. The summed E-state index contributed by atoms with van der Waals surface area (Å²) in [4.78, 5) is 14.3. The van der Waals surface area contributed by atoms with Crippen molar-refractivity contribution in [2.24, 2.45) is 0 Å². The maximum Gasteiger partial charge on any atom is 0.238 e. The van der Waals surface area contributed by atoms with Gasteiger partial charge in [-0.3, -0.25) is 9.69 Å². The fourth-order valence-corrected chi connectivity index (χ4v) is 3.13. The molecule has 0 aromatic heterocycles. The lowest BCUT2D eigenvalue weighted by atomic mass is 9.90. The monoisotopic (exact) mass is 255 g/mol. The highest BCUT2D eigenvalue weighted by molar-refractivity contribution is 5.82. The molecular formula is C13H25N3O2. The van der Waals surface area contributed by atoms with Gasteiger partial charge in [0.25, 0.3) is 0 Å². The number of piperazine rings is 1. The van der Waals surface area contributed by atoms with E-state index in [4.69, 9.17) is 0 Å². The first-order chi connectivity index (χ1) is 8.74. The summed E-state index contributed by atoms with van der Waals surface area (Å²) in [6.45, 7) is 5.04. The molecule has 2 rings (SSSR count). The third kappa shape index (κ3) is 3.02. The summed E-state index contributed by atoms with van der Waals surface area (Å²) < 4.78 is 0. The highest BCUT2D eigenvalue weighted by atomic mass is 16.3. The lowest BCUT2D eigenvalue weighted by molar-refractivity contribution is -0.130. The molecule has 3 atom stereocenters. The number of nitrogens with one attached hydrogen (secondary N) is 2. The topological polar surface area (TPSA) is 64.6 Å². The average molecular weight is 255 g/mol. The van der Waals surface area contributed by atoms with Crippen LogP contribution in [-0.4, -0.2) is 60.3 Å². The Kier molecular flexibility index (Phi) is 4.97. The van der Waals surface area contributed by atoms with E-state index in [2.05, 4.69) is 15.5 Å². The predicted octanol–water partition coefficient (Wildman–Crippen LogP) is -0.300. The second-order valence-corrected chi connectivity index (χ2v) is 5.27. The zero-order valence-electron chi connectivity index (χ0n) is 11.2. The van der Waals surface area contributed by atoms with Crippen LogP contribution in [0, 0.1) is 0 Å². The Morgan fingerprint density at radius 1 is 1.44 bits per heavy atom. The van der Waals surface area contributed by atoms with Crippen molar-refractivity contribution in [2.75, 3.05) is 26.2 Å². The molecule has 18 heavy (non-hydrogen) atoms. The van der Waals surface area contributed by atoms with Crippen LogP contribution in [0.5, 0.6) is 0 Å². The summed E-state index contributed by atoms with van der Waals surface area (Å²) in [6.07, 6.45) is 3.88. The van der Waals surface area contributed by atoms with Crippen molar-refractivity contribution in [2.45, 2.75) is 50.8 Å². The molecule has 3 N–H and O–H groups in total. The van der Waals surface area contributed by atoms with Crippen molar-refractivity contribution in [1.82, 2.24) is 15.5 Å². The molecule has 2 aliphatic rings. The number of carbonyl (C=O) groups excluding carboxylic acids is 1. The van der Waals surface area contributed by atoms with Gasteiger partial charge in [0.05, 0.1) is 6.10 Å². The number of rotatable bonds is 3. The zero-order chi connectivity index (χ0) is 13.0. The van der Waals surface area contributed by atoms with Gasteiger partial charge in [-0.1, -0.05) is 12.8 Å². The number of likely N-dealkylation sites (N-methyl/N-ethyl adjacent to an activating group) is 1. The van der Waals surface area contributed by atoms with Crippen LogP contribution in [-0.2, 0) is 4.79 Å². The number of hydrogen-bond acceptors (Lipinski definition) is 4. The number of aliphatic hydroxyl groups excluding tert-OH is 1. The largest absolute Gasteiger partial charge is 0.391 e.